The number of nitrogens with zero attached hydrogens (tertiary/aromatic N) is 2. The van der Waals surface area contributed by atoms with E-state index in [-0.39, 0.29) is 28.9 Å². The van der Waals surface area contributed by atoms with Crippen LogP contribution in [0.5, 0.6) is 0 Å². The number of carbonyl (C=O) groups excluding carboxylic acids is 2. The van der Waals surface area contributed by atoms with E-state index in [2.05, 4.69) is 5.32 Å². The van der Waals surface area contributed by atoms with Crippen LogP contribution in [-0.4, -0.2) is 81.6 Å². The van der Waals surface area contributed by atoms with Crippen molar-refractivity contribution >= 4 is 31.7 Å². The molecule has 1 aromatic rings. The van der Waals surface area contributed by atoms with E-state index in [1.165, 1.54) is 24.3 Å². The number of likely N-dealkylation sites (N-methyl/N-ethyl adjacent to an activating group) is 1. The fourth-order valence-corrected chi connectivity index (χ4v) is 6.40. The van der Waals surface area contributed by atoms with E-state index in [0.717, 1.165) is 4.31 Å². The third-order valence-electron chi connectivity index (χ3n) is 5.06. The van der Waals surface area contributed by atoms with E-state index in [0.29, 0.717) is 25.1 Å². The molecule has 1 aliphatic rings. The quantitative estimate of drug-likeness (QED) is 0.573. The van der Waals surface area contributed by atoms with Crippen LogP contribution in [0.2, 0.25) is 0 Å². The SMILES string of the molecule is CCN(CC)C(=O)c1ccc(S(=O)(=O)N(CC)CC(=O)NC2CCS(=O)(=O)C2)cc1. The normalized spacial score (nSPS) is 18.3. The maximum atomic E-state index is 12.9. The van der Waals surface area contributed by atoms with Gasteiger partial charge in [-0.25, -0.2) is 16.8 Å². The van der Waals surface area contributed by atoms with E-state index in [1.54, 1.807) is 11.8 Å². The monoisotopic (exact) mass is 459 g/mol. The predicted molar refractivity (Wildman–Crippen MR) is 113 cm³/mol. The second-order valence-electron chi connectivity index (χ2n) is 7.10. The van der Waals surface area contributed by atoms with Crippen LogP contribution in [0.4, 0.5) is 0 Å². The van der Waals surface area contributed by atoms with Crippen LogP contribution in [0, 0.1) is 0 Å². The van der Waals surface area contributed by atoms with Crippen molar-refractivity contribution in [2.24, 2.45) is 0 Å². The first-order valence-corrected chi connectivity index (χ1v) is 13.2. The minimum atomic E-state index is -3.95. The van der Waals surface area contributed by atoms with E-state index in [9.17, 15) is 26.4 Å². The number of rotatable bonds is 9. The van der Waals surface area contributed by atoms with Crippen molar-refractivity contribution in [3.05, 3.63) is 29.8 Å². The maximum absolute atomic E-state index is 12.9. The molecule has 0 saturated carbocycles. The minimum absolute atomic E-state index is 0.0170. The molecule has 0 bridgehead atoms. The molecule has 30 heavy (non-hydrogen) atoms. The van der Waals surface area contributed by atoms with Crippen molar-refractivity contribution in [2.75, 3.05) is 37.7 Å². The highest BCUT2D eigenvalue weighted by atomic mass is 32.2. The van der Waals surface area contributed by atoms with Gasteiger partial charge in [0.1, 0.15) is 0 Å². The van der Waals surface area contributed by atoms with Gasteiger partial charge in [-0.15, -0.1) is 0 Å². The van der Waals surface area contributed by atoms with Gasteiger partial charge >= 0.3 is 0 Å². The van der Waals surface area contributed by atoms with Gasteiger partial charge in [-0.1, -0.05) is 6.92 Å². The number of sulfone groups is 1. The topological polar surface area (TPSA) is 121 Å². The van der Waals surface area contributed by atoms with Gasteiger partial charge in [0.15, 0.2) is 9.84 Å². The number of hydrogen-bond acceptors (Lipinski definition) is 6. The lowest BCUT2D eigenvalue weighted by Gasteiger charge is -2.22. The van der Waals surface area contributed by atoms with Gasteiger partial charge in [0, 0.05) is 31.2 Å². The smallest absolute Gasteiger partial charge is 0.253 e. The summed E-state index contributed by atoms with van der Waals surface area (Å²) in [4.78, 5) is 26.3. The first-order valence-electron chi connectivity index (χ1n) is 9.93. The molecule has 2 rings (SSSR count). The van der Waals surface area contributed by atoms with Crippen molar-refractivity contribution in [1.29, 1.82) is 0 Å². The van der Waals surface area contributed by atoms with Crippen molar-refractivity contribution in [1.82, 2.24) is 14.5 Å². The Morgan fingerprint density at radius 1 is 1.07 bits per heavy atom. The Hall–Kier alpha value is -1.98. The molecule has 1 saturated heterocycles. The minimum Gasteiger partial charge on any atom is -0.351 e. The van der Waals surface area contributed by atoms with Crippen LogP contribution in [-0.2, 0) is 24.7 Å². The largest absolute Gasteiger partial charge is 0.351 e. The molecule has 1 atom stereocenters. The molecule has 1 heterocycles. The number of amides is 2. The van der Waals surface area contributed by atoms with E-state index < -0.39 is 38.4 Å². The average Bonchev–Trinajstić information content (AvgIpc) is 3.04. The van der Waals surface area contributed by atoms with Crippen LogP contribution in [0.1, 0.15) is 37.6 Å². The molecule has 0 aromatic heterocycles. The summed E-state index contributed by atoms with van der Waals surface area (Å²) in [7, 11) is -7.09. The highest BCUT2D eigenvalue weighted by molar-refractivity contribution is 7.91. The fraction of sp³-hybridized carbons (Fsp3) is 0.579. The Balaban J connectivity index is 2.09. The standard InChI is InChI=1S/C19H29N3O6S2/c1-4-21(5-2)19(24)15-7-9-17(10-8-15)30(27,28)22(6-3)13-18(23)20-16-11-12-29(25,26)14-16/h7-10,16H,4-6,11-14H2,1-3H3,(H,20,23). The number of nitrogens with one attached hydrogen (secondary N) is 1. The maximum Gasteiger partial charge on any atom is 0.253 e. The average molecular weight is 460 g/mol. The van der Waals surface area contributed by atoms with E-state index in [1.807, 2.05) is 13.8 Å². The third kappa shape index (κ3) is 5.79. The lowest BCUT2D eigenvalue weighted by molar-refractivity contribution is -0.121. The Morgan fingerprint density at radius 3 is 2.13 bits per heavy atom. The van der Waals surface area contributed by atoms with Gasteiger partial charge in [-0.05, 0) is 44.5 Å². The molecule has 2 amide bonds. The van der Waals surface area contributed by atoms with Crippen molar-refractivity contribution < 1.29 is 26.4 Å². The Morgan fingerprint density at radius 2 is 1.67 bits per heavy atom. The molecule has 9 nitrogen and oxygen atoms in total. The molecule has 1 N–H and O–H groups in total. The lowest BCUT2D eigenvalue weighted by atomic mass is 10.2. The summed E-state index contributed by atoms with van der Waals surface area (Å²) in [6.45, 7) is 6.11. The zero-order valence-corrected chi connectivity index (χ0v) is 19.1. The zero-order valence-electron chi connectivity index (χ0n) is 17.5. The van der Waals surface area contributed by atoms with E-state index in [4.69, 9.17) is 0 Å². The molecule has 1 fully saturated rings. The Bertz CT molecular complexity index is 970. The van der Waals surface area contributed by atoms with Crippen LogP contribution in [0.15, 0.2) is 29.2 Å². The highest BCUT2D eigenvalue weighted by Gasteiger charge is 2.31. The molecule has 1 aromatic carbocycles. The molecule has 0 radical (unpaired) electrons. The highest BCUT2D eigenvalue weighted by Crippen LogP contribution is 2.18. The number of hydrogen-bond donors (Lipinski definition) is 1. The molecule has 11 heteroatoms. The van der Waals surface area contributed by atoms with Gasteiger partial charge in [-0.2, -0.15) is 4.31 Å². The lowest BCUT2D eigenvalue weighted by Crippen LogP contribution is -2.44. The second kappa shape index (κ2) is 9.88. The number of sulfonamides is 1. The summed E-state index contributed by atoms with van der Waals surface area (Å²) in [5.41, 5.74) is 0.390. The van der Waals surface area contributed by atoms with Crippen molar-refractivity contribution in [3.63, 3.8) is 0 Å². The Labute approximate surface area is 178 Å². The second-order valence-corrected chi connectivity index (χ2v) is 11.3. The van der Waals surface area contributed by atoms with Crippen molar-refractivity contribution in [2.45, 2.75) is 38.1 Å². The molecule has 1 aliphatic heterocycles. The fourth-order valence-electron chi connectivity index (χ4n) is 3.32. The van der Waals surface area contributed by atoms with Crippen LogP contribution >= 0.6 is 0 Å². The molecular weight excluding hydrogens is 430 g/mol. The van der Waals surface area contributed by atoms with Gasteiger partial charge in [-0.3, -0.25) is 9.59 Å². The van der Waals surface area contributed by atoms with Gasteiger partial charge in [0.05, 0.1) is 22.9 Å². The van der Waals surface area contributed by atoms with Gasteiger partial charge < -0.3 is 10.2 Å². The van der Waals surface area contributed by atoms with Crippen LogP contribution < -0.4 is 5.32 Å². The van der Waals surface area contributed by atoms with Crippen LogP contribution in [0.25, 0.3) is 0 Å². The number of carbonyl (C=O) groups is 2. The Kier molecular flexibility index (Phi) is 8.00. The molecule has 168 valence electrons. The summed E-state index contributed by atoms with van der Waals surface area (Å²) in [5.74, 6) is -0.829. The molecular formula is C19H29N3O6S2. The first-order chi connectivity index (χ1) is 14.0. The molecule has 0 spiro atoms. The van der Waals surface area contributed by atoms with Gasteiger partial charge in [0.25, 0.3) is 5.91 Å². The molecule has 1 unspecified atom stereocenters. The summed E-state index contributed by atoms with van der Waals surface area (Å²) < 4.78 is 49.9. The summed E-state index contributed by atoms with van der Waals surface area (Å²) in [6.07, 6.45) is 0.328. The summed E-state index contributed by atoms with van der Waals surface area (Å²) in [5, 5.41) is 2.60. The van der Waals surface area contributed by atoms with Gasteiger partial charge in [0.2, 0.25) is 15.9 Å². The number of benzene rings is 1. The third-order valence-corrected chi connectivity index (χ3v) is 8.76. The summed E-state index contributed by atoms with van der Waals surface area (Å²) >= 11 is 0. The summed E-state index contributed by atoms with van der Waals surface area (Å²) in [6, 6.07) is 5.15. The molecule has 0 aliphatic carbocycles. The van der Waals surface area contributed by atoms with Crippen molar-refractivity contribution in [3.8, 4) is 0 Å². The van der Waals surface area contributed by atoms with Crippen LogP contribution in [0.3, 0.4) is 0 Å². The predicted octanol–water partition coefficient (Wildman–Crippen LogP) is 0.483. The van der Waals surface area contributed by atoms with E-state index >= 15 is 0 Å². The zero-order chi connectivity index (χ0) is 22.5. The first kappa shape index (κ1) is 24.3.